The maximum Gasteiger partial charge on any atom is 0.253 e. The van der Waals surface area contributed by atoms with Crippen LogP contribution in [0.25, 0.3) is 5.78 Å². The van der Waals surface area contributed by atoms with Gasteiger partial charge in [0.25, 0.3) is 5.78 Å². The van der Waals surface area contributed by atoms with Gasteiger partial charge < -0.3 is 4.90 Å². The van der Waals surface area contributed by atoms with Gasteiger partial charge in [-0.3, -0.25) is 4.79 Å². The fourth-order valence-electron chi connectivity index (χ4n) is 2.79. The van der Waals surface area contributed by atoms with Crippen LogP contribution in [0.15, 0.2) is 29.4 Å². The molecule has 2 heterocycles. The van der Waals surface area contributed by atoms with Crippen molar-refractivity contribution < 1.29 is 9.18 Å². The van der Waals surface area contributed by atoms with Crippen LogP contribution in [0.5, 0.6) is 0 Å². The van der Waals surface area contributed by atoms with E-state index < -0.39 is 0 Å². The molecular weight excluding hydrogens is 365 g/mol. The Bertz CT molecular complexity index is 1000. The fraction of sp³-hybridized carbons (Fsp3) is 0.368. The Morgan fingerprint density at radius 1 is 1.30 bits per heavy atom. The molecule has 0 fully saturated rings. The van der Waals surface area contributed by atoms with Gasteiger partial charge in [-0.25, -0.2) is 13.9 Å². The molecule has 0 saturated carbocycles. The van der Waals surface area contributed by atoms with E-state index >= 15 is 0 Å². The minimum Gasteiger partial charge on any atom is -0.340 e. The highest BCUT2D eigenvalue weighted by atomic mass is 32.2. The molecule has 3 rings (SSSR count). The third-order valence-electron chi connectivity index (χ3n) is 4.56. The molecule has 0 radical (unpaired) electrons. The summed E-state index contributed by atoms with van der Waals surface area (Å²) >= 11 is 1.29. The minimum absolute atomic E-state index is 0.0693. The maximum atomic E-state index is 13.3. The first-order valence-electron chi connectivity index (χ1n) is 8.63. The highest BCUT2D eigenvalue weighted by Gasteiger charge is 2.22. The number of aromatic nitrogens is 4. The van der Waals surface area contributed by atoms with Crippen molar-refractivity contribution in [3.63, 3.8) is 0 Å². The lowest BCUT2D eigenvalue weighted by molar-refractivity contribution is -0.129. The first kappa shape index (κ1) is 19.3. The molecule has 0 aliphatic rings. The van der Waals surface area contributed by atoms with Gasteiger partial charge in [0.15, 0.2) is 0 Å². The summed E-state index contributed by atoms with van der Waals surface area (Å²) in [7, 11) is 1.71. The molecule has 8 heteroatoms. The monoisotopic (exact) mass is 387 g/mol. The van der Waals surface area contributed by atoms with Crippen LogP contribution in [0.2, 0.25) is 0 Å². The number of amides is 1. The van der Waals surface area contributed by atoms with Gasteiger partial charge in [0.2, 0.25) is 11.1 Å². The molecule has 1 amide bonds. The molecule has 0 N–H and O–H groups in total. The van der Waals surface area contributed by atoms with Crippen molar-refractivity contribution in [1.29, 1.82) is 0 Å². The molecule has 1 aromatic carbocycles. The van der Waals surface area contributed by atoms with Crippen LogP contribution < -0.4 is 0 Å². The Morgan fingerprint density at radius 2 is 2.04 bits per heavy atom. The number of halogens is 1. The summed E-state index contributed by atoms with van der Waals surface area (Å²) < 4.78 is 15.0. The van der Waals surface area contributed by atoms with Gasteiger partial charge in [0, 0.05) is 25.0 Å². The van der Waals surface area contributed by atoms with Gasteiger partial charge in [0.05, 0.1) is 5.25 Å². The molecule has 0 aliphatic heterocycles. The summed E-state index contributed by atoms with van der Waals surface area (Å²) in [5.74, 6) is 0.157. The number of nitrogens with zero attached hydrogens (tertiary/aromatic N) is 5. The van der Waals surface area contributed by atoms with Gasteiger partial charge in [-0.15, -0.1) is 5.10 Å². The smallest absolute Gasteiger partial charge is 0.253 e. The van der Waals surface area contributed by atoms with Gasteiger partial charge in [-0.2, -0.15) is 4.98 Å². The van der Waals surface area contributed by atoms with Gasteiger partial charge >= 0.3 is 0 Å². The lowest BCUT2D eigenvalue weighted by Crippen LogP contribution is -2.32. The molecule has 1 atom stereocenters. The Hall–Kier alpha value is -2.48. The summed E-state index contributed by atoms with van der Waals surface area (Å²) in [4.78, 5) is 23.1. The Balaban J connectivity index is 1.72. The number of thioether (sulfide) groups is 1. The highest BCUT2D eigenvalue weighted by molar-refractivity contribution is 8.00. The van der Waals surface area contributed by atoms with Crippen molar-refractivity contribution in [2.24, 2.45) is 0 Å². The summed E-state index contributed by atoms with van der Waals surface area (Å²) in [5, 5.41) is 4.62. The molecule has 3 aromatic rings. The van der Waals surface area contributed by atoms with Crippen LogP contribution in [0.4, 0.5) is 4.39 Å². The molecule has 0 unspecified atom stereocenters. The maximum absolute atomic E-state index is 13.3. The Morgan fingerprint density at radius 3 is 2.74 bits per heavy atom. The third kappa shape index (κ3) is 4.10. The van der Waals surface area contributed by atoms with E-state index in [2.05, 4.69) is 15.1 Å². The van der Waals surface area contributed by atoms with Gasteiger partial charge in [-0.1, -0.05) is 23.9 Å². The first-order chi connectivity index (χ1) is 12.8. The zero-order chi connectivity index (χ0) is 19.7. The summed E-state index contributed by atoms with van der Waals surface area (Å²) in [6, 6.07) is 6.26. The second-order valence-electron chi connectivity index (χ2n) is 6.60. The number of fused-ring (bicyclic) bond motifs is 1. The van der Waals surface area contributed by atoms with Gasteiger partial charge in [0.1, 0.15) is 5.82 Å². The summed E-state index contributed by atoms with van der Waals surface area (Å²) in [5.41, 5.74) is 3.73. The molecule has 142 valence electrons. The van der Waals surface area contributed by atoms with Crippen molar-refractivity contribution in [2.45, 2.75) is 44.6 Å². The number of carbonyl (C=O) groups is 1. The van der Waals surface area contributed by atoms with Crippen molar-refractivity contribution in [3.05, 3.63) is 52.6 Å². The van der Waals surface area contributed by atoms with Gasteiger partial charge in [-0.05, 0) is 51.0 Å². The molecule has 2 aromatic heterocycles. The van der Waals surface area contributed by atoms with E-state index in [0.717, 1.165) is 22.5 Å². The zero-order valence-electron chi connectivity index (χ0n) is 16.0. The highest BCUT2D eigenvalue weighted by Crippen LogP contribution is 2.23. The molecule has 0 aliphatic carbocycles. The number of benzene rings is 1. The number of carbonyl (C=O) groups excluding carboxylic acids is 1. The molecule has 27 heavy (non-hydrogen) atoms. The minimum atomic E-state index is -0.372. The van der Waals surface area contributed by atoms with E-state index in [4.69, 9.17) is 0 Å². The zero-order valence-corrected chi connectivity index (χ0v) is 16.8. The van der Waals surface area contributed by atoms with Crippen LogP contribution in [-0.4, -0.2) is 42.7 Å². The van der Waals surface area contributed by atoms with Crippen LogP contribution in [0.1, 0.15) is 29.4 Å². The summed E-state index contributed by atoms with van der Waals surface area (Å²) in [6.45, 7) is 8.08. The summed E-state index contributed by atoms with van der Waals surface area (Å²) in [6.07, 6.45) is 0. The average Bonchev–Trinajstić information content (AvgIpc) is 3.01. The average molecular weight is 387 g/mol. The van der Waals surface area contributed by atoms with Crippen molar-refractivity contribution in [3.8, 4) is 0 Å². The predicted molar refractivity (Wildman–Crippen MR) is 103 cm³/mol. The largest absolute Gasteiger partial charge is 0.340 e. The number of aryl methyl sites for hydroxylation is 2. The van der Waals surface area contributed by atoms with E-state index in [0.29, 0.717) is 17.5 Å². The number of rotatable bonds is 5. The number of hydrogen-bond acceptors (Lipinski definition) is 5. The normalized spacial score (nSPS) is 12.4. The van der Waals surface area contributed by atoms with E-state index in [-0.39, 0.29) is 17.0 Å². The Kier molecular flexibility index (Phi) is 5.46. The molecule has 0 bridgehead atoms. The van der Waals surface area contributed by atoms with E-state index in [1.165, 1.54) is 23.9 Å². The topological polar surface area (TPSA) is 63.4 Å². The molecule has 6 nitrogen and oxygen atoms in total. The molecular formula is C19H22FN5OS. The lowest BCUT2D eigenvalue weighted by Gasteiger charge is -2.20. The second kappa shape index (κ2) is 7.64. The quantitative estimate of drug-likeness (QED) is 0.629. The second-order valence-corrected chi connectivity index (χ2v) is 7.91. The third-order valence-corrected chi connectivity index (χ3v) is 5.50. The fourth-order valence-corrected chi connectivity index (χ4v) is 3.65. The standard InChI is InChI=1S/C19H22FN5OS/c1-11-12(2)21-18-22-19(23-25(18)13(11)3)27-14(4)17(26)24(5)10-15-7-6-8-16(20)9-15/h6-9,14H,10H2,1-5H3/t14-/m1/s1. The van der Waals surface area contributed by atoms with Crippen LogP contribution in [-0.2, 0) is 11.3 Å². The van der Waals surface area contributed by atoms with Crippen LogP contribution in [0, 0.1) is 26.6 Å². The van der Waals surface area contributed by atoms with Crippen molar-refractivity contribution in [2.75, 3.05) is 7.05 Å². The molecule has 0 spiro atoms. The van der Waals surface area contributed by atoms with E-state index in [1.54, 1.807) is 28.6 Å². The van der Waals surface area contributed by atoms with E-state index in [9.17, 15) is 9.18 Å². The number of hydrogen-bond donors (Lipinski definition) is 0. The predicted octanol–water partition coefficient (Wildman–Crippen LogP) is 3.33. The SMILES string of the molecule is Cc1nc2nc(S[C@H](C)C(=O)N(C)Cc3cccc(F)c3)nn2c(C)c1C. The molecule has 0 saturated heterocycles. The van der Waals surface area contributed by atoms with Crippen LogP contribution in [0.3, 0.4) is 0 Å². The van der Waals surface area contributed by atoms with Crippen molar-refractivity contribution in [1.82, 2.24) is 24.5 Å². The lowest BCUT2D eigenvalue weighted by atomic mass is 10.2. The Labute approximate surface area is 161 Å². The van der Waals surface area contributed by atoms with E-state index in [1.807, 2.05) is 27.7 Å². The van der Waals surface area contributed by atoms with Crippen molar-refractivity contribution >= 4 is 23.4 Å². The van der Waals surface area contributed by atoms with Crippen LogP contribution >= 0.6 is 11.8 Å². The first-order valence-corrected chi connectivity index (χ1v) is 9.51.